The van der Waals surface area contributed by atoms with Gasteiger partial charge in [0.1, 0.15) is 0 Å². The van der Waals surface area contributed by atoms with Crippen molar-refractivity contribution in [3.05, 3.63) is 51.7 Å². The van der Waals surface area contributed by atoms with E-state index < -0.39 is 6.09 Å². The largest absolute Gasteiger partial charge is 0.415 e. The molecule has 6 heteroatoms. The van der Waals surface area contributed by atoms with Crippen LogP contribution in [0.15, 0.2) is 41.8 Å². The predicted molar refractivity (Wildman–Crippen MR) is 83.4 cm³/mol. The van der Waals surface area contributed by atoms with Crippen LogP contribution in [0.3, 0.4) is 0 Å². The van der Waals surface area contributed by atoms with E-state index in [1.165, 1.54) is 16.2 Å². The minimum absolute atomic E-state index is 0.0161. The van der Waals surface area contributed by atoms with Crippen molar-refractivity contribution in [1.29, 1.82) is 0 Å². The van der Waals surface area contributed by atoms with Crippen molar-refractivity contribution in [1.82, 2.24) is 4.90 Å². The van der Waals surface area contributed by atoms with Gasteiger partial charge in [-0.15, -0.1) is 11.3 Å². The highest BCUT2D eigenvalue weighted by atomic mass is 35.5. The molecule has 0 radical (unpaired) electrons. The lowest BCUT2D eigenvalue weighted by atomic mass is 10.2. The lowest BCUT2D eigenvalue weighted by Gasteiger charge is -2.16. The van der Waals surface area contributed by atoms with E-state index in [0.717, 1.165) is 0 Å². The first-order valence-corrected chi connectivity index (χ1v) is 7.58. The van der Waals surface area contributed by atoms with Gasteiger partial charge in [-0.3, -0.25) is 4.79 Å². The van der Waals surface area contributed by atoms with Crippen molar-refractivity contribution < 1.29 is 14.3 Å². The first-order valence-electron chi connectivity index (χ1n) is 6.32. The molecule has 0 N–H and O–H groups in total. The summed E-state index contributed by atoms with van der Waals surface area (Å²) in [5.41, 5.74) is 0. The normalized spacial score (nSPS) is 10.2. The Balaban J connectivity index is 1.86. The van der Waals surface area contributed by atoms with Crippen LogP contribution >= 0.6 is 22.9 Å². The molecule has 0 aliphatic heterocycles. The van der Waals surface area contributed by atoms with Crippen LogP contribution in [-0.2, 0) is 0 Å². The third kappa shape index (κ3) is 4.31. The van der Waals surface area contributed by atoms with E-state index in [2.05, 4.69) is 0 Å². The Morgan fingerprint density at radius 3 is 2.67 bits per heavy atom. The first kappa shape index (κ1) is 15.5. The maximum atomic E-state index is 11.9. The lowest BCUT2D eigenvalue weighted by Crippen LogP contribution is -2.31. The predicted octanol–water partition coefficient (Wildman–Crippen LogP) is 4.11. The average Bonchev–Trinajstić information content (AvgIpc) is 3.01. The molecule has 0 saturated heterocycles. The zero-order chi connectivity index (χ0) is 15.2. The quantitative estimate of drug-likeness (QED) is 0.778. The Labute approximate surface area is 131 Å². The van der Waals surface area contributed by atoms with Crippen molar-refractivity contribution >= 4 is 34.8 Å². The molecule has 21 heavy (non-hydrogen) atoms. The molecule has 0 unspecified atom stereocenters. The minimum Gasteiger partial charge on any atom is -0.409 e. The fraction of sp³-hybridized carbons (Fsp3) is 0.200. The number of carbonyl (C=O) groups is 2. The third-order valence-corrected chi connectivity index (χ3v) is 4.04. The number of hydrogen-bond acceptors (Lipinski definition) is 4. The number of hydrogen-bond donors (Lipinski definition) is 0. The van der Waals surface area contributed by atoms with Crippen LogP contribution in [0.2, 0.25) is 5.02 Å². The average molecular weight is 324 g/mol. The number of ether oxygens (including phenoxy) is 1. The van der Waals surface area contributed by atoms with Crippen LogP contribution in [0.4, 0.5) is 4.79 Å². The summed E-state index contributed by atoms with van der Waals surface area (Å²) in [6, 6.07) is 10.3. The van der Waals surface area contributed by atoms with Crippen molar-refractivity contribution in [2.45, 2.75) is 6.42 Å². The van der Waals surface area contributed by atoms with E-state index in [0.29, 0.717) is 22.2 Å². The van der Waals surface area contributed by atoms with Gasteiger partial charge in [0.05, 0.1) is 9.90 Å². The molecule has 0 aliphatic carbocycles. The summed E-state index contributed by atoms with van der Waals surface area (Å²) in [6.07, 6.45) is -0.281. The molecule has 2 aromatic rings. The van der Waals surface area contributed by atoms with Crippen molar-refractivity contribution in [3.63, 3.8) is 0 Å². The highest BCUT2D eigenvalue weighted by Gasteiger charge is 2.15. The number of amides is 1. The highest BCUT2D eigenvalue weighted by Crippen LogP contribution is 2.23. The Kier molecular flexibility index (Phi) is 5.36. The van der Waals surface area contributed by atoms with Gasteiger partial charge in [0.15, 0.2) is 11.5 Å². The third-order valence-electron chi connectivity index (χ3n) is 2.82. The number of thiophene rings is 1. The number of carbonyl (C=O) groups excluding carboxylic acids is 2. The topological polar surface area (TPSA) is 46.6 Å². The monoisotopic (exact) mass is 323 g/mol. The van der Waals surface area contributed by atoms with E-state index in [1.807, 2.05) is 11.4 Å². The van der Waals surface area contributed by atoms with Crippen molar-refractivity contribution in [3.8, 4) is 5.75 Å². The van der Waals surface area contributed by atoms with Gasteiger partial charge < -0.3 is 9.64 Å². The lowest BCUT2D eigenvalue weighted by molar-refractivity contribution is 0.0972. The SMILES string of the molecule is CN(CCC(=O)c1cccs1)C(=O)Oc1ccccc1Cl. The second-order valence-corrected chi connectivity index (χ2v) is 5.73. The van der Waals surface area contributed by atoms with Gasteiger partial charge in [-0.2, -0.15) is 0 Å². The Hall–Kier alpha value is -1.85. The maximum Gasteiger partial charge on any atom is 0.415 e. The fourth-order valence-electron chi connectivity index (χ4n) is 1.62. The fourth-order valence-corrected chi connectivity index (χ4v) is 2.49. The number of halogens is 1. The molecule has 0 fully saturated rings. The summed E-state index contributed by atoms with van der Waals surface area (Å²) in [7, 11) is 1.58. The van der Waals surface area contributed by atoms with Gasteiger partial charge in [0.25, 0.3) is 0 Å². The summed E-state index contributed by atoms with van der Waals surface area (Å²) >= 11 is 7.31. The standard InChI is InChI=1S/C15H14ClNO3S/c1-17(9-8-12(18)14-7-4-10-21-14)15(19)20-13-6-3-2-5-11(13)16/h2-7,10H,8-9H2,1H3. The van der Waals surface area contributed by atoms with Crippen LogP contribution < -0.4 is 4.74 Å². The molecule has 1 aromatic carbocycles. The maximum absolute atomic E-state index is 11.9. The molecule has 1 heterocycles. The number of benzene rings is 1. The second-order valence-electron chi connectivity index (χ2n) is 4.37. The van der Waals surface area contributed by atoms with E-state index in [4.69, 9.17) is 16.3 Å². The first-order chi connectivity index (χ1) is 10.1. The summed E-state index contributed by atoms with van der Waals surface area (Å²) in [6.45, 7) is 0.292. The molecule has 0 aliphatic rings. The molecule has 4 nitrogen and oxygen atoms in total. The van der Waals surface area contributed by atoms with Crippen LogP contribution in [0.1, 0.15) is 16.1 Å². The van der Waals surface area contributed by atoms with Crippen LogP contribution in [-0.4, -0.2) is 30.4 Å². The molecular weight excluding hydrogens is 310 g/mol. The molecule has 1 amide bonds. The summed E-state index contributed by atoms with van der Waals surface area (Å²) in [5, 5.41) is 2.22. The zero-order valence-corrected chi connectivity index (χ0v) is 13.0. The second kappa shape index (κ2) is 7.24. The Bertz CT molecular complexity index is 628. The van der Waals surface area contributed by atoms with E-state index in [9.17, 15) is 9.59 Å². The van der Waals surface area contributed by atoms with Gasteiger partial charge in [-0.05, 0) is 23.6 Å². The van der Waals surface area contributed by atoms with E-state index in [1.54, 1.807) is 37.4 Å². The molecule has 0 bridgehead atoms. The van der Waals surface area contributed by atoms with Crippen LogP contribution in [0, 0.1) is 0 Å². The molecule has 0 saturated carbocycles. The van der Waals surface area contributed by atoms with Crippen molar-refractivity contribution in [2.24, 2.45) is 0 Å². The van der Waals surface area contributed by atoms with Gasteiger partial charge in [-0.25, -0.2) is 4.79 Å². The zero-order valence-electron chi connectivity index (χ0n) is 11.4. The minimum atomic E-state index is -0.540. The Morgan fingerprint density at radius 1 is 1.24 bits per heavy atom. The van der Waals surface area contributed by atoms with Gasteiger partial charge in [0, 0.05) is 20.0 Å². The smallest absolute Gasteiger partial charge is 0.409 e. The molecule has 0 spiro atoms. The summed E-state index contributed by atoms with van der Waals surface area (Å²) in [5.74, 6) is 0.322. The number of nitrogens with zero attached hydrogens (tertiary/aromatic N) is 1. The molecule has 1 aromatic heterocycles. The van der Waals surface area contributed by atoms with Gasteiger partial charge in [0.2, 0.25) is 0 Å². The van der Waals surface area contributed by atoms with E-state index in [-0.39, 0.29) is 12.2 Å². The highest BCUT2D eigenvalue weighted by molar-refractivity contribution is 7.12. The number of ketones is 1. The van der Waals surface area contributed by atoms with Gasteiger partial charge >= 0.3 is 6.09 Å². The number of Topliss-reactive ketones (excluding diaryl/α,β-unsaturated/α-hetero) is 1. The molecular formula is C15H14ClNO3S. The molecule has 0 atom stereocenters. The molecule has 110 valence electrons. The summed E-state index contributed by atoms with van der Waals surface area (Å²) < 4.78 is 5.18. The van der Waals surface area contributed by atoms with E-state index >= 15 is 0 Å². The van der Waals surface area contributed by atoms with Crippen LogP contribution in [0.5, 0.6) is 5.75 Å². The van der Waals surface area contributed by atoms with Crippen molar-refractivity contribution in [2.75, 3.05) is 13.6 Å². The Morgan fingerprint density at radius 2 is 2.00 bits per heavy atom. The van der Waals surface area contributed by atoms with Crippen LogP contribution in [0.25, 0.3) is 0 Å². The number of rotatable bonds is 5. The summed E-state index contributed by atoms with van der Waals surface area (Å²) in [4.78, 5) is 25.8. The van der Waals surface area contributed by atoms with Gasteiger partial charge in [-0.1, -0.05) is 29.8 Å². The molecule has 2 rings (SSSR count). The number of para-hydroxylation sites is 1.